The molecule has 1 aliphatic heterocycles. The van der Waals surface area contributed by atoms with E-state index in [1.807, 2.05) is 6.92 Å². The molecule has 0 spiro atoms. The van der Waals surface area contributed by atoms with Crippen molar-refractivity contribution in [3.63, 3.8) is 0 Å². The van der Waals surface area contributed by atoms with E-state index in [1.165, 1.54) is 11.3 Å². The summed E-state index contributed by atoms with van der Waals surface area (Å²) in [6.45, 7) is 6.25. The Morgan fingerprint density at radius 3 is 2.70 bits per heavy atom. The van der Waals surface area contributed by atoms with Gasteiger partial charge in [-0.3, -0.25) is 4.79 Å². The number of carbonyl (C=O) groups excluding carboxylic acids is 1. The smallest absolute Gasteiger partial charge is 0.230 e. The molecule has 1 aromatic heterocycles. The minimum absolute atomic E-state index is 0.192. The normalized spacial score (nSPS) is 22.9. The number of rotatable bonds is 1. The number of hydrogen-bond donors (Lipinski definition) is 0. The topological polar surface area (TPSA) is 46.1 Å². The summed E-state index contributed by atoms with van der Waals surface area (Å²) in [6, 6.07) is 8.77. The Morgan fingerprint density at radius 1 is 1.09 bits per heavy atom. The van der Waals surface area contributed by atoms with Crippen molar-refractivity contribution in [1.29, 1.82) is 0 Å². The standard InChI is InChI=1S/C19H21N3O/c1-11-8-15-18(17(23)9-11)13(3)20-19(21-15)22-12(2)10-14-6-4-5-7-16(14)22/h4-7,11-12H,8-10H2,1-3H3. The zero-order chi connectivity index (χ0) is 16.1. The summed E-state index contributed by atoms with van der Waals surface area (Å²) in [7, 11) is 0. The van der Waals surface area contributed by atoms with Crippen LogP contribution in [0.2, 0.25) is 0 Å². The Labute approximate surface area is 136 Å². The first-order chi connectivity index (χ1) is 11.0. The van der Waals surface area contributed by atoms with Gasteiger partial charge >= 0.3 is 0 Å². The van der Waals surface area contributed by atoms with Crippen molar-refractivity contribution in [1.82, 2.24) is 9.97 Å². The number of aryl methyl sites for hydroxylation is 1. The molecule has 2 aliphatic rings. The van der Waals surface area contributed by atoms with Crippen LogP contribution in [0.4, 0.5) is 11.6 Å². The molecule has 0 amide bonds. The van der Waals surface area contributed by atoms with E-state index in [0.29, 0.717) is 18.4 Å². The maximum Gasteiger partial charge on any atom is 0.230 e. The second kappa shape index (κ2) is 5.15. The van der Waals surface area contributed by atoms with Gasteiger partial charge in [0.25, 0.3) is 0 Å². The SMILES string of the molecule is Cc1nc(N2c3ccccc3CC2C)nc2c1C(=O)CC(C)C2. The van der Waals surface area contributed by atoms with Crippen LogP contribution in [0.3, 0.4) is 0 Å². The van der Waals surface area contributed by atoms with Crippen molar-refractivity contribution in [2.45, 2.75) is 46.1 Å². The third kappa shape index (κ3) is 2.24. The maximum absolute atomic E-state index is 12.3. The van der Waals surface area contributed by atoms with Gasteiger partial charge in [0.1, 0.15) is 0 Å². The van der Waals surface area contributed by atoms with E-state index >= 15 is 0 Å². The molecule has 2 atom stereocenters. The summed E-state index contributed by atoms with van der Waals surface area (Å²) in [5, 5.41) is 0. The van der Waals surface area contributed by atoms with E-state index in [4.69, 9.17) is 4.98 Å². The van der Waals surface area contributed by atoms with E-state index < -0.39 is 0 Å². The van der Waals surface area contributed by atoms with E-state index in [2.05, 4.69) is 48.0 Å². The van der Waals surface area contributed by atoms with Crippen molar-refractivity contribution >= 4 is 17.4 Å². The molecule has 0 saturated carbocycles. The molecule has 0 saturated heterocycles. The quantitative estimate of drug-likeness (QED) is 0.807. The van der Waals surface area contributed by atoms with Crippen LogP contribution in [-0.2, 0) is 12.8 Å². The van der Waals surface area contributed by atoms with E-state index in [1.54, 1.807) is 0 Å². The number of ketones is 1. The number of Topliss-reactive ketones (excluding diaryl/α,β-unsaturated/α-hetero) is 1. The maximum atomic E-state index is 12.3. The molecule has 0 N–H and O–H groups in total. The number of benzene rings is 1. The highest BCUT2D eigenvalue weighted by atomic mass is 16.1. The third-order valence-corrected chi connectivity index (χ3v) is 4.93. The van der Waals surface area contributed by atoms with Gasteiger partial charge in [0.05, 0.1) is 17.0 Å². The van der Waals surface area contributed by atoms with Crippen molar-refractivity contribution in [2.24, 2.45) is 5.92 Å². The van der Waals surface area contributed by atoms with Crippen LogP contribution in [0.15, 0.2) is 24.3 Å². The first-order valence-corrected chi connectivity index (χ1v) is 8.32. The lowest BCUT2D eigenvalue weighted by Gasteiger charge is -2.26. The lowest BCUT2D eigenvalue weighted by atomic mass is 9.86. The molecular weight excluding hydrogens is 286 g/mol. The molecule has 0 bridgehead atoms. The van der Waals surface area contributed by atoms with Gasteiger partial charge in [-0.1, -0.05) is 25.1 Å². The van der Waals surface area contributed by atoms with Crippen LogP contribution in [0.25, 0.3) is 0 Å². The lowest BCUT2D eigenvalue weighted by molar-refractivity contribution is 0.0951. The van der Waals surface area contributed by atoms with Crippen molar-refractivity contribution in [2.75, 3.05) is 4.90 Å². The average molecular weight is 307 g/mol. The van der Waals surface area contributed by atoms with Gasteiger partial charge in [-0.15, -0.1) is 0 Å². The van der Waals surface area contributed by atoms with E-state index in [0.717, 1.165) is 35.7 Å². The predicted molar refractivity (Wildman–Crippen MR) is 90.3 cm³/mol. The Kier molecular flexibility index (Phi) is 3.22. The zero-order valence-electron chi connectivity index (χ0n) is 13.8. The fourth-order valence-electron chi connectivity index (χ4n) is 3.93. The Hall–Kier alpha value is -2.23. The molecule has 4 rings (SSSR count). The molecular formula is C19H21N3O. The number of nitrogens with zero attached hydrogens (tertiary/aromatic N) is 3. The van der Waals surface area contributed by atoms with Crippen LogP contribution < -0.4 is 4.90 Å². The average Bonchev–Trinajstić information content (AvgIpc) is 2.81. The highest BCUT2D eigenvalue weighted by Crippen LogP contribution is 2.37. The summed E-state index contributed by atoms with van der Waals surface area (Å²) < 4.78 is 0. The number of fused-ring (bicyclic) bond motifs is 2. The fraction of sp³-hybridized carbons (Fsp3) is 0.421. The van der Waals surface area contributed by atoms with Crippen molar-refractivity contribution < 1.29 is 4.79 Å². The van der Waals surface area contributed by atoms with Crippen LogP contribution >= 0.6 is 0 Å². The second-order valence-corrected chi connectivity index (χ2v) is 6.92. The first-order valence-electron chi connectivity index (χ1n) is 8.32. The molecule has 4 nitrogen and oxygen atoms in total. The fourth-order valence-corrected chi connectivity index (χ4v) is 3.93. The van der Waals surface area contributed by atoms with Gasteiger partial charge in [-0.05, 0) is 44.2 Å². The summed E-state index contributed by atoms with van der Waals surface area (Å²) in [4.78, 5) is 24.0. The molecule has 23 heavy (non-hydrogen) atoms. The minimum Gasteiger partial charge on any atom is -0.307 e. The van der Waals surface area contributed by atoms with Crippen LogP contribution in [0.5, 0.6) is 0 Å². The van der Waals surface area contributed by atoms with Gasteiger partial charge in [-0.2, -0.15) is 0 Å². The molecule has 2 heterocycles. The number of hydrogen-bond acceptors (Lipinski definition) is 4. The van der Waals surface area contributed by atoms with Crippen LogP contribution in [0, 0.1) is 12.8 Å². The summed E-state index contributed by atoms with van der Waals surface area (Å²) in [6.07, 6.45) is 2.48. The van der Waals surface area contributed by atoms with Gasteiger partial charge < -0.3 is 4.90 Å². The van der Waals surface area contributed by atoms with Crippen molar-refractivity contribution in [3.05, 3.63) is 46.8 Å². The minimum atomic E-state index is 0.192. The largest absolute Gasteiger partial charge is 0.307 e. The summed E-state index contributed by atoms with van der Waals surface area (Å²) >= 11 is 0. The molecule has 2 aromatic rings. The van der Waals surface area contributed by atoms with E-state index in [-0.39, 0.29) is 5.78 Å². The molecule has 118 valence electrons. The lowest BCUT2D eigenvalue weighted by Crippen LogP contribution is -2.29. The predicted octanol–water partition coefficient (Wildman–Crippen LogP) is 3.63. The van der Waals surface area contributed by atoms with Gasteiger partial charge in [-0.25, -0.2) is 9.97 Å². The molecule has 0 radical (unpaired) electrons. The molecule has 1 aliphatic carbocycles. The second-order valence-electron chi connectivity index (χ2n) is 6.92. The summed E-state index contributed by atoms with van der Waals surface area (Å²) in [5.74, 6) is 1.29. The van der Waals surface area contributed by atoms with Gasteiger partial charge in [0.15, 0.2) is 5.78 Å². The highest BCUT2D eigenvalue weighted by Gasteiger charge is 2.32. The number of carbonyl (C=O) groups is 1. The van der Waals surface area contributed by atoms with Crippen LogP contribution in [-0.4, -0.2) is 21.8 Å². The molecule has 2 unspecified atom stereocenters. The Bertz CT molecular complexity index is 799. The number of para-hydroxylation sites is 1. The third-order valence-electron chi connectivity index (χ3n) is 4.93. The summed E-state index contributed by atoms with van der Waals surface area (Å²) in [5.41, 5.74) is 5.02. The molecule has 4 heteroatoms. The molecule has 0 fully saturated rings. The van der Waals surface area contributed by atoms with Gasteiger partial charge in [0.2, 0.25) is 5.95 Å². The van der Waals surface area contributed by atoms with E-state index in [9.17, 15) is 4.79 Å². The van der Waals surface area contributed by atoms with Crippen molar-refractivity contribution in [3.8, 4) is 0 Å². The van der Waals surface area contributed by atoms with Gasteiger partial charge in [0, 0.05) is 18.2 Å². The Morgan fingerprint density at radius 2 is 1.87 bits per heavy atom. The first kappa shape index (κ1) is 14.4. The Balaban J connectivity index is 1.84. The monoisotopic (exact) mass is 307 g/mol. The number of aromatic nitrogens is 2. The molecule has 1 aromatic carbocycles. The van der Waals surface area contributed by atoms with Crippen LogP contribution in [0.1, 0.15) is 47.6 Å². The highest BCUT2D eigenvalue weighted by molar-refractivity contribution is 5.99. The number of anilines is 2. The zero-order valence-corrected chi connectivity index (χ0v) is 13.8.